The number of hydrogen-bond acceptors (Lipinski definition) is 3. The molecule has 72 valence electrons. The molecule has 1 aromatic carbocycles. The van der Waals surface area contributed by atoms with Crippen molar-refractivity contribution in [2.75, 3.05) is 0 Å². The van der Waals surface area contributed by atoms with Crippen molar-refractivity contribution in [1.82, 2.24) is 4.98 Å². The molecule has 0 unspecified atom stereocenters. The second kappa shape index (κ2) is 3.86. The Balaban J connectivity index is 2.33. The van der Waals surface area contributed by atoms with Crippen molar-refractivity contribution in [2.45, 2.75) is 6.54 Å². The summed E-state index contributed by atoms with van der Waals surface area (Å²) in [6.07, 6.45) is 1.23. The molecule has 1 heterocycles. The van der Waals surface area contributed by atoms with Gasteiger partial charge in [-0.1, -0.05) is 35.6 Å². The van der Waals surface area contributed by atoms with Crippen molar-refractivity contribution < 1.29 is 4.39 Å². The molecule has 0 amide bonds. The summed E-state index contributed by atoms with van der Waals surface area (Å²) in [5.41, 5.74) is 7.46. The van der Waals surface area contributed by atoms with E-state index in [4.69, 9.17) is 5.73 Å². The molecule has 0 aliphatic carbocycles. The van der Waals surface area contributed by atoms with E-state index in [0.717, 1.165) is 22.5 Å². The Morgan fingerprint density at radius 2 is 2.00 bits per heavy atom. The van der Waals surface area contributed by atoms with Crippen LogP contribution in [-0.4, -0.2) is 4.98 Å². The van der Waals surface area contributed by atoms with Gasteiger partial charge in [0.15, 0.2) is 5.13 Å². The van der Waals surface area contributed by atoms with E-state index in [1.54, 1.807) is 0 Å². The van der Waals surface area contributed by atoms with Crippen LogP contribution in [0.5, 0.6) is 0 Å². The van der Waals surface area contributed by atoms with Gasteiger partial charge >= 0.3 is 0 Å². The van der Waals surface area contributed by atoms with Crippen molar-refractivity contribution in [1.29, 1.82) is 0 Å². The van der Waals surface area contributed by atoms with Crippen LogP contribution in [0.2, 0.25) is 0 Å². The lowest BCUT2D eigenvalue weighted by atomic mass is 10.1. The van der Waals surface area contributed by atoms with E-state index < -0.39 is 0 Å². The number of rotatable bonds is 2. The molecule has 0 aliphatic rings. The SMILES string of the molecule is NCc1ccc(-c2ncc(F)s2)cc1. The summed E-state index contributed by atoms with van der Waals surface area (Å²) in [6, 6.07) is 7.66. The van der Waals surface area contributed by atoms with Crippen LogP contribution in [0.3, 0.4) is 0 Å². The quantitative estimate of drug-likeness (QED) is 0.823. The highest BCUT2D eigenvalue weighted by atomic mass is 32.1. The van der Waals surface area contributed by atoms with E-state index in [9.17, 15) is 4.39 Å². The van der Waals surface area contributed by atoms with Gasteiger partial charge in [0.2, 0.25) is 0 Å². The zero-order valence-corrected chi connectivity index (χ0v) is 8.22. The van der Waals surface area contributed by atoms with Crippen molar-refractivity contribution in [3.8, 4) is 10.6 Å². The Kier molecular flexibility index (Phi) is 2.56. The van der Waals surface area contributed by atoms with Crippen LogP contribution < -0.4 is 5.73 Å². The van der Waals surface area contributed by atoms with E-state index in [0.29, 0.717) is 11.6 Å². The molecule has 0 atom stereocenters. The maximum absolute atomic E-state index is 12.7. The standard InChI is InChI=1S/C10H9FN2S/c11-9-6-13-10(14-9)8-3-1-7(5-12)2-4-8/h1-4,6H,5,12H2. The molecular formula is C10H9FN2S. The van der Waals surface area contributed by atoms with Crippen molar-refractivity contribution in [3.05, 3.63) is 41.2 Å². The first-order valence-corrected chi connectivity index (χ1v) is 5.02. The molecule has 2 rings (SSSR count). The summed E-state index contributed by atoms with van der Waals surface area (Å²) < 4.78 is 12.7. The normalized spacial score (nSPS) is 10.4. The van der Waals surface area contributed by atoms with Gasteiger partial charge in [0.05, 0.1) is 6.20 Å². The van der Waals surface area contributed by atoms with Crippen LogP contribution in [0.25, 0.3) is 10.6 Å². The summed E-state index contributed by atoms with van der Waals surface area (Å²) >= 11 is 1.05. The topological polar surface area (TPSA) is 38.9 Å². The minimum absolute atomic E-state index is 0.261. The number of benzene rings is 1. The molecule has 0 fully saturated rings. The lowest BCUT2D eigenvalue weighted by Crippen LogP contribution is -1.94. The van der Waals surface area contributed by atoms with E-state index in [1.807, 2.05) is 24.3 Å². The number of aromatic nitrogens is 1. The number of nitrogens with two attached hydrogens (primary N) is 1. The van der Waals surface area contributed by atoms with Crippen molar-refractivity contribution in [2.24, 2.45) is 5.73 Å². The lowest BCUT2D eigenvalue weighted by Gasteiger charge is -1.98. The van der Waals surface area contributed by atoms with E-state index in [-0.39, 0.29) is 5.13 Å². The van der Waals surface area contributed by atoms with Crippen LogP contribution in [0.1, 0.15) is 5.56 Å². The van der Waals surface area contributed by atoms with Gasteiger partial charge in [-0.2, -0.15) is 4.39 Å². The predicted molar refractivity (Wildman–Crippen MR) is 55.4 cm³/mol. The number of nitrogens with zero attached hydrogens (tertiary/aromatic N) is 1. The Labute approximate surface area is 85.2 Å². The Morgan fingerprint density at radius 1 is 1.29 bits per heavy atom. The van der Waals surface area contributed by atoms with Gasteiger partial charge in [0, 0.05) is 12.1 Å². The summed E-state index contributed by atoms with van der Waals surface area (Å²) in [5, 5.41) is 0.439. The summed E-state index contributed by atoms with van der Waals surface area (Å²) in [5.74, 6) is 0. The molecule has 0 aliphatic heterocycles. The first-order chi connectivity index (χ1) is 6.79. The Hall–Kier alpha value is -1.26. The number of hydrogen-bond donors (Lipinski definition) is 1. The fraction of sp³-hybridized carbons (Fsp3) is 0.100. The maximum Gasteiger partial charge on any atom is 0.196 e. The molecule has 0 radical (unpaired) electrons. The van der Waals surface area contributed by atoms with Crippen molar-refractivity contribution >= 4 is 11.3 Å². The smallest absolute Gasteiger partial charge is 0.196 e. The van der Waals surface area contributed by atoms with Crippen molar-refractivity contribution in [3.63, 3.8) is 0 Å². The predicted octanol–water partition coefficient (Wildman–Crippen LogP) is 2.41. The Bertz CT molecular complexity index is 422. The Morgan fingerprint density at radius 3 is 2.50 bits per heavy atom. The molecule has 2 N–H and O–H groups in total. The molecule has 0 saturated heterocycles. The van der Waals surface area contributed by atoms with Gasteiger partial charge in [-0.3, -0.25) is 0 Å². The maximum atomic E-state index is 12.7. The molecule has 14 heavy (non-hydrogen) atoms. The fourth-order valence-corrected chi connectivity index (χ4v) is 1.82. The molecular weight excluding hydrogens is 199 g/mol. The van der Waals surface area contributed by atoms with Gasteiger partial charge < -0.3 is 5.73 Å². The van der Waals surface area contributed by atoms with E-state index >= 15 is 0 Å². The van der Waals surface area contributed by atoms with Crippen LogP contribution in [0.4, 0.5) is 4.39 Å². The van der Waals surface area contributed by atoms with Crippen LogP contribution in [-0.2, 0) is 6.54 Å². The highest BCUT2D eigenvalue weighted by Gasteiger charge is 2.03. The number of thiazole rings is 1. The number of halogens is 1. The third-order valence-corrected chi connectivity index (χ3v) is 2.75. The monoisotopic (exact) mass is 208 g/mol. The second-order valence-electron chi connectivity index (χ2n) is 2.87. The summed E-state index contributed by atoms with van der Waals surface area (Å²) in [4.78, 5) is 3.95. The van der Waals surface area contributed by atoms with Crippen LogP contribution >= 0.6 is 11.3 Å². The molecule has 0 saturated carbocycles. The summed E-state index contributed by atoms with van der Waals surface area (Å²) in [7, 11) is 0. The highest BCUT2D eigenvalue weighted by molar-refractivity contribution is 7.13. The third-order valence-electron chi connectivity index (χ3n) is 1.91. The minimum Gasteiger partial charge on any atom is -0.326 e. The summed E-state index contributed by atoms with van der Waals surface area (Å²) in [6.45, 7) is 0.520. The first-order valence-electron chi connectivity index (χ1n) is 4.20. The average molecular weight is 208 g/mol. The van der Waals surface area contributed by atoms with Gasteiger partial charge in [0.1, 0.15) is 5.01 Å². The molecule has 0 bridgehead atoms. The minimum atomic E-state index is -0.261. The molecule has 4 heteroatoms. The first kappa shape index (κ1) is 9.30. The molecule has 1 aromatic heterocycles. The fourth-order valence-electron chi connectivity index (χ4n) is 1.17. The highest BCUT2D eigenvalue weighted by Crippen LogP contribution is 2.24. The average Bonchev–Trinajstić information content (AvgIpc) is 2.65. The molecule has 2 aromatic rings. The van der Waals surface area contributed by atoms with E-state index in [2.05, 4.69) is 4.98 Å². The zero-order valence-electron chi connectivity index (χ0n) is 7.40. The van der Waals surface area contributed by atoms with Gasteiger partial charge in [-0.25, -0.2) is 4.98 Å². The second-order valence-corrected chi connectivity index (χ2v) is 3.85. The van der Waals surface area contributed by atoms with E-state index in [1.165, 1.54) is 6.20 Å². The molecule has 0 spiro atoms. The van der Waals surface area contributed by atoms with Gasteiger partial charge in [-0.05, 0) is 5.56 Å². The largest absolute Gasteiger partial charge is 0.326 e. The van der Waals surface area contributed by atoms with Gasteiger partial charge in [0.25, 0.3) is 0 Å². The van der Waals surface area contributed by atoms with Crippen LogP contribution in [0, 0.1) is 5.13 Å². The third kappa shape index (κ3) is 1.81. The zero-order chi connectivity index (χ0) is 9.97. The van der Waals surface area contributed by atoms with Gasteiger partial charge in [-0.15, -0.1) is 0 Å². The molecule has 2 nitrogen and oxygen atoms in total. The van der Waals surface area contributed by atoms with Crippen LogP contribution in [0.15, 0.2) is 30.5 Å². The lowest BCUT2D eigenvalue weighted by molar-refractivity contribution is 0.653.